The highest BCUT2D eigenvalue weighted by Gasteiger charge is 2.34. The topological polar surface area (TPSA) is 70.8 Å². The van der Waals surface area contributed by atoms with Gasteiger partial charge in [-0.05, 0) is 37.3 Å². The van der Waals surface area contributed by atoms with Gasteiger partial charge in [0.25, 0.3) is 0 Å². The van der Waals surface area contributed by atoms with Crippen molar-refractivity contribution in [1.29, 1.82) is 0 Å². The number of rotatable bonds is 3. The van der Waals surface area contributed by atoms with Gasteiger partial charge in [0.15, 0.2) is 0 Å². The minimum Gasteiger partial charge on any atom is -0.505 e. The zero-order valence-corrected chi connectivity index (χ0v) is 13.3. The lowest BCUT2D eigenvalue weighted by Crippen LogP contribution is -2.47. The van der Waals surface area contributed by atoms with Crippen LogP contribution in [-0.2, 0) is 4.74 Å². The molecule has 5 heteroatoms. The van der Waals surface area contributed by atoms with Crippen molar-refractivity contribution in [3.63, 3.8) is 0 Å². The van der Waals surface area contributed by atoms with Crippen LogP contribution in [0.2, 0.25) is 0 Å². The van der Waals surface area contributed by atoms with E-state index < -0.39 is 0 Å². The van der Waals surface area contributed by atoms with Crippen molar-refractivity contribution in [3.8, 4) is 5.75 Å². The van der Waals surface area contributed by atoms with Crippen molar-refractivity contribution in [2.24, 2.45) is 5.92 Å². The van der Waals surface area contributed by atoms with E-state index in [0.29, 0.717) is 11.6 Å². The second-order valence-electron chi connectivity index (χ2n) is 6.41. The molecule has 1 aromatic rings. The molecule has 2 heterocycles. The Labute approximate surface area is 132 Å². The highest BCUT2D eigenvalue weighted by atomic mass is 16.5. The number of phenols is 1. The molecule has 0 saturated carbocycles. The summed E-state index contributed by atoms with van der Waals surface area (Å²) in [7, 11) is 0. The SMILES string of the molecule is Cc1ccc(N)c(O)c1[C@H](C1CCOCC1)N1CCNCC1. The van der Waals surface area contributed by atoms with E-state index in [1.165, 1.54) is 0 Å². The number of nitrogen functional groups attached to an aromatic ring is 1. The molecule has 1 aromatic carbocycles. The summed E-state index contributed by atoms with van der Waals surface area (Å²) in [4.78, 5) is 2.51. The fourth-order valence-electron chi connectivity index (χ4n) is 3.81. The molecular formula is C17H27N3O2. The van der Waals surface area contributed by atoms with Crippen molar-refractivity contribution in [2.75, 3.05) is 45.1 Å². The van der Waals surface area contributed by atoms with Gasteiger partial charge in [-0.1, -0.05) is 6.07 Å². The van der Waals surface area contributed by atoms with Crippen molar-refractivity contribution in [1.82, 2.24) is 10.2 Å². The Morgan fingerprint density at radius 1 is 1.27 bits per heavy atom. The maximum Gasteiger partial charge on any atom is 0.143 e. The van der Waals surface area contributed by atoms with Gasteiger partial charge in [0.1, 0.15) is 5.75 Å². The molecule has 2 aliphatic rings. The first kappa shape index (κ1) is 15.6. The van der Waals surface area contributed by atoms with Crippen LogP contribution in [-0.4, -0.2) is 49.4 Å². The first-order valence-corrected chi connectivity index (χ1v) is 8.29. The number of aryl methyl sites for hydroxylation is 1. The number of ether oxygens (including phenoxy) is 1. The third-order valence-corrected chi connectivity index (χ3v) is 5.02. The Bertz CT molecular complexity index is 491. The average Bonchev–Trinajstić information content (AvgIpc) is 2.57. The molecule has 122 valence electrons. The van der Waals surface area contributed by atoms with Gasteiger partial charge in [0.2, 0.25) is 0 Å². The van der Waals surface area contributed by atoms with Crippen molar-refractivity contribution >= 4 is 5.69 Å². The number of piperazine rings is 1. The minimum atomic E-state index is 0.231. The van der Waals surface area contributed by atoms with Crippen molar-refractivity contribution < 1.29 is 9.84 Å². The predicted molar refractivity (Wildman–Crippen MR) is 88.0 cm³/mol. The Morgan fingerprint density at radius 2 is 1.95 bits per heavy atom. The number of phenolic OH excluding ortho intramolecular Hbond substituents is 1. The normalized spacial score (nSPS) is 22.6. The van der Waals surface area contributed by atoms with Gasteiger partial charge < -0.3 is 20.9 Å². The molecule has 3 rings (SSSR count). The van der Waals surface area contributed by atoms with E-state index in [1.807, 2.05) is 6.07 Å². The molecule has 22 heavy (non-hydrogen) atoms. The lowest BCUT2D eigenvalue weighted by molar-refractivity contribution is 0.0205. The quantitative estimate of drug-likeness (QED) is 0.585. The van der Waals surface area contributed by atoms with Crippen LogP contribution in [0.25, 0.3) is 0 Å². The Hall–Kier alpha value is -1.30. The third-order valence-electron chi connectivity index (χ3n) is 5.02. The van der Waals surface area contributed by atoms with Crippen LogP contribution >= 0.6 is 0 Å². The first-order chi connectivity index (χ1) is 10.7. The van der Waals surface area contributed by atoms with Crippen LogP contribution in [0.1, 0.15) is 30.0 Å². The third kappa shape index (κ3) is 3.07. The number of benzene rings is 1. The van der Waals surface area contributed by atoms with Crippen LogP contribution in [0, 0.1) is 12.8 Å². The summed E-state index contributed by atoms with van der Waals surface area (Å²) in [6.45, 7) is 7.73. The summed E-state index contributed by atoms with van der Waals surface area (Å²) in [5, 5.41) is 14.0. The molecular weight excluding hydrogens is 278 g/mol. The Balaban J connectivity index is 1.98. The number of nitrogens with two attached hydrogens (primary N) is 1. The second kappa shape index (κ2) is 6.86. The van der Waals surface area contributed by atoms with Crippen LogP contribution in [0.4, 0.5) is 5.69 Å². The smallest absolute Gasteiger partial charge is 0.143 e. The largest absolute Gasteiger partial charge is 0.505 e. The lowest BCUT2D eigenvalue weighted by atomic mass is 9.83. The van der Waals surface area contributed by atoms with Gasteiger partial charge in [0, 0.05) is 51.0 Å². The summed E-state index contributed by atoms with van der Waals surface area (Å²) < 4.78 is 5.54. The molecule has 0 unspecified atom stereocenters. The Kier molecular flexibility index (Phi) is 4.86. The van der Waals surface area contributed by atoms with E-state index in [-0.39, 0.29) is 11.8 Å². The summed E-state index contributed by atoms with van der Waals surface area (Å²) in [6, 6.07) is 4.06. The fraction of sp³-hybridized carbons (Fsp3) is 0.647. The molecule has 0 spiro atoms. The summed E-state index contributed by atoms with van der Waals surface area (Å²) in [5.41, 5.74) is 8.61. The van der Waals surface area contributed by atoms with E-state index in [2.05, 4.69) is 17.1 Å². The van der Waals surface area contributed by atoms with Gasteiger partial charge >= 0.3 is 0 Å². The van der Waals surface area contributed by atoms with Crippen molar-refractivity contribution in [2.45, 2.75) is 25.8 Å². The summed E-state index contributed by atoms with van der Waals surface area (Å²) >= 11 is 0. The highest BCUT2D eigenvalue weighted by molar-refractivity contribution is 5.59. The zero-order valence-electron chi connectivity index (χ0n) is 13.3. The van der Waals surface area contributed by atoms with E-state index in [0.717, 1.165) is 63.4 Å². The monoisotopic (exact) mass is 305 g/mol. The van der Waals surface area contributed by atoms with Gasteiger partial charge in [-0.3, -0.25) is 4.90 Å². The molecule has 0 aliphatic carbocycles. The van der Waals surface area contributed by atoms with E-state index in [4.69, 9.17) is 10.5 Å². The fourth-order valence-corrected chi connectivity index (χ4v) is 3.81. The molecule has 0 aromatic heterocycles. The van der Waals surface area contributed by atoms with E-state index >= 15 is 0 Å². The number of nitrogens with zero attached hydrogens (tertiary/aromatic N) is 1. The summed E-state index contributed by atoms with van der Waals surface area (Å²) in [5.74, 6) is 0.785. The van der Waals surface area contributed by atoms with Crippen LogP contribution < -0.4 is 11.1 Å². The van der Waals surface area contributed by atoms with E-state index in [9.17, 15) is 5.11 Å². The van der Waals surface area contributed by atoms with Crippen LogP contribution in [0.5, 0.6) is 5.75 Å². The van der Waals surface area contributed by atoms with Gasteiger partial charge in [-0.2, -0.15) is 0 Å². The van der Waals surface area contributed by atoms with Crippen molar-refractivity contribution in [3.05, 3.63) is 23.3 Å². The van der Waals surface area contributed by atoms with Gasteiger partial charge in [-0.25, -0.2) is 0 Å². The maximum absolute atomic E-state index is 10.6. The molecule has 5 nitrogen and oxygen atoms in total. The number of aromatic hydroxyl groups is 1. The molecule has 0 radical (unpaired) electrons. The maximum atomic E-state index is 10.6. The predicted octanol–water partition coefficient (Wildman–Crippen LogP) is 1.66. The highest BCUT2D eigenvalue weighted by Crippen LogP contribution is 2.42. The number of anilines is 1. The molecule has 0 bridgehead atoms. The minimum absolute atomic E-state index is 0.231. The zero-order chi connectivity index (χ0) is 15.5. The molecule has 2 saturated heterocycles. The van der Waals surface area contributed by atoms with Gasteiger partial charge in [-0.15, -0.1) is 0 Å². The summed E-state index contributed by atoms with van der Waals surface area (Å²) in [6.07, 6.45) is 2.09. The van der Waals surface area contributed by atoms with Crippen LogP contribution in [0.15, 0.2) is 12.1 Å². The first-order valence-electron chi connectivity index (χ1n) is 8.29. The molecule has 2 aliphatic heterocycles. The molecule has 4 N–H and O–H groups in total. The number of nitrogens with one attached hydrogen (secondary N) is 1. The van der Waals surface area contributed by atoms with Crippen LogP contribution in [0.3, 0.4) is 0 Å². The number of hydrogen-bond donors (Lipinski definition) is 3. The Morgan fingerprint density at radius 3 is 2.64 bits per heavy atom. The lowest BCUT2D eigenvalue weighted by Gasteiger charge is -2.42. The second-order valence-corrected chi connectivity index (χ2v) is 6.41. The standard InChI is InChI=1S/C17H27N3O2/c1-12-2-3-14(18)17(21)15(12)16(13-4-10-22-11-5-13)20-8-6-19-7-9-20/h2-3,13,16,19,21H,4-11,18H2,1H3/t16-/m0/s1. The molecule has 0 amide bonds. The van der Waals surface area contributed by atoms with Gasteiger partial charge in [0.05, 0.1) is 5.69 Å². The molecule has 1 atom stereocenters. The molecule has 2 fully saturated rings. The number of hydrogen-bond acceptors (Lipinski definition) is 5. The van der Waals surface area contributed by atoms with E-state index in [1.54, 1.807) is 6.07 Å². The average molecular weight is 305 g/mol.